The van der Waals surface area contributed by atoms with Crippen LogP contribution in [0.15, 0.2) is 18.2 Å². The Bertz CT molecular complexity index is 426. The van der Waals surface area contributed by atoms with Crippen LogP contribution in [-0.4, -0.2) is 18.5 Å². The van der Waals surface area contributed by atoms with Gasteiger partial charge in [-0.1, -0.05) is 12.1 Å². The Labute approximate surface area is 105 Å². The summed E-state index contributed by atoms with van der Waals surface area (Å²) in [5, 5.41) is 2.45. The van der Waals surface area contributed by atoms with Gasteiger partial charge in [0.25, 0.3) is 0 Å². The quantitative estimate of drug-likeness (QED) is 0.820. The molecule has 0 spiro atoms. The number of esters is 1. The highest BCUT2D eigenvalue weighted by molar-refractivity contribution is 5.93. The number of carbonyl (C=O) groups is 2. The van der Waals surface area contributed by atoms with Crippen molar-refractivity contribution in [3.05, 3.63) is 29.6 Å². The van der Waals surface area contributed by atoms with Gasteiger partial charge >= 0.3 is 5.97 Å². The van der Waals surface area contributed by atoms with Crippen LogP contribution in [0.4, 0.5) is 10.1 Å². The van der Waals surface area contributed by atoms with E-state index < -0.39 is 17.7 Å². The van der Waals surface area contributed by atoms with Crippen LogP contribution in [0.25, 0.3) is 0 Å². The maximum Gasteiger partial charge on any atom is 0.306 e. The van der Waals surface area contributed by atoms with E-state index in [0.717, 1.165) is 0 Å². The van der Waals surface area contributed by atoms with Crippen LogP contribution in [0.1, 0.15) is 25.3 Å². The maximum atomic E-state index is 13.4. The third-order valence-corrected chi connectivity index (χ3v) is 2.35. The molecule has 1 aromatic rings. The van der Waals surface area contributed by atoms with Crippen molar-refractivity contribution in [1.29, 1.82) is 0 Å². The molecular formula is C13H16FNO3. The summed E-state index contributed by atoms with van der Waals surface area (Å²) in [4.78, 5) is 22.6. The smallest absolute Gasteiger partial charge is 0.306 e. The average Bonchev–Trinajstić information content (AvgIpc) is 2.32. The Morgan fingerprint density at radius 1 is 1.33 bits per heavy atom. The number of carbonyl (C=O) groups excluding carboxylic acids is 2. The normalized spacial score (nSPS) is 9.94. The van der Waals surface area contributed by atoms with Crippen LogP contribution in [0.2, 0.25) is 0 Å². The Hall–Kier alpha value is -1.91. The molecule has 0 aliphatic heterocycles. The molecule has 98 valence electrons. The lowest BCUT2D eigenvalue weighted by atomic mass is 10.2. The van der Waals surface area contributed by atoms with Gasteiger partial charge in [0.05, 0.1) is 18.7 Å². The van der Waals surface area contributed by atoms with Crippen molar-refractivity contribution >= 4 is 17.6 Å². The molecule has 0 atom stereocenters. The van der Waals surface area contributed by atoms with Crippen LogP contribution in [-0.2, 0) is 14.3 Å². The predicted octanol–water partition coefficient (Wildman–Crippen LogP) is 2.42. The first-order valence-electron chi connectivity index (χ1n) is 5.75. The van der Waals surface area contributed by atoms with E-state index in [1.807, 2.05) is 0 Å². The Morgan fingerprint density at radius 3 is 2.67 bits per heavy atom. The van der Waals surface area contributed by atoms with Crippen LogP contribution >= 0.6 is 0 Å². The molecular weight excluding hydrogens is 237 g/mol. The molecule has 0 saturated heterocycles. The number of anilines is 1. The fourth-order valence-electron chi connectivity index (χ4n) is 1.44. The first kappa shape index (κ1) is 14.2. The van der Waals surface area contributed by atoms with E-state index in [0.29, 0.717) is 5.56 Å². The van der Waals surface area contributed by atoms with Gasteiger partial charge in [-0.2, -0.15) is 0 Å². The molecule has 1 N–H and O–H groups in total. The molecule has 1 aromatic carbocycles. The second kappa shape index (κ2) is 6.74. The summed E-state index contributed by atoms with van der Waals surface area (Å²) in [6.45, 7) is 3.68. The zero-order valence-electron chi connectivity index (χ0n) is 10.5. The number of rotatable bonds is 5. The highest BCUT2D eigenvalue weighted by atomic mass is 19.1. The molecule has 4 nitrogen and oxygen atoms in total. The lowest BCUT2D eigenvalue weighted by Gasteiger charge is -2.09. The minimum absolute atomic E-state index is 0.00677. The fourth-order valence-corrected chi connectivity index (χ4v) is 1.44. The van der Waals surface area contributed by atoms with Gasteiger partial charge in [-0.3, -0.25) is 9.59 Å². The van der Waals surface area contributed by atoms with Crippen LogP contribution in [0.5, 0.6) is 0 Å². The van der Waals surface area contributed by atoms with Crippen molar-refractivity contribution in [2.75, 3.05) is 11.9 Å². The zero-order valence-corrected chi connectivity index (χ0v) is 10.5. The molecule has 1 amide bonds. The standard InChI is InChI=1S/C13H16FNO3/c1-3-18-12(17)8-7-11(16)15-13-9(2)5-4-6-10(13)14/h4-6H,3,7-8H2,1-2H3,(H,15,16). The van der Waals surface area contributed by atoms with Crippen molar-refractivity contribution in [3.8, 4) is 0 Å². The second-order valence-corrected chi connectivity index (χ2v) is 3.78. The summed E-state index contributed by atoms with van der Waals surface area (Å²) in [7, 11) is 0. The summed E-state index contributed by atoms with van der Waals surface area (Å²) in [6, 6.07) is 4.54. The molecule has 1 rings (SSSR count). The third-order valence-electron chi connectivity index (χ3n) is 2.35. The molecule has 0 bridgehead atoms. The van der Waals surface area contributed by atoms with Gasteiger partial charge in [0, 0.05) is 6.42 Å². The monoisotopic (exact) mass is 253 g/mol. The molecule has 5 heteroatoms. The number of benzene rings is 1. The number of aryl methyl sites for hydroxylation is 1. The van der Waals surface area contributed by atoms with Gasteiger partial charge in [0.15, 0.2) is 0 Å². The Morgan fingerprint density at radius 2 is 2.06 bits per heavy atom. The fraction of sp³-hybridized carbons (Fsp3) is 0.385. The van der Waals surface area contributed by atoms with Crippen molar-refractivity contribution < 1.29 is 18.7 Å². The first-order chi connectivity index (χ1) is 8.54. The summed E-state index contributed by atoms with van der Waals surface area (Å²) in [5.74, 6) is -1.33. The van der Waals surface area contributed by atoms with Crippen molar-refractivity contribution in [2.45, 2.75) is 26.7 Å². The SMILES string of the molecule is CCOC(=O)CCC(=O)Nc1c(C)cccc1F. The Balaban J connectivity index is 2.52. The van der Waals surface area contributed by atoms with Gasteiger partial charge in [0.2, 0.25) is 5.91 Å². The van der Waals surface area contributed by atoms with Crippen LogP contribution < -0.4 is 5.32 Å². The van der Waals surface area contributed by atoms with Gasteiger partial charge in [-0.15, -0.1) is 0 Å². The molecule has 0 unspecified atom stereocenters. The van der Waals surface area contributed by atoms with E-state index in [1.165, 1.54) is 6.07 Å². The van der Waals surface area contributed by atoms with Gasteiger partial charge in [-0.05, 0) is 25.5 Å². The van der Waals surface area contributed by atoms with Crippen molar-refractivity contribution in [2.24, 2.45) is 0 Å². The number of nitrogens with one attached hydrogen (secondary N) is 1. The lowest BCUT2D eigenvalue weighted by molar-refractivity contribution is -0.144. The highest BCUT2D eigenvalue weighted by Crippen LogP contribution is 2.18. The third kappa shape index (κ3) is 4.16. The molecule has 0 radical (unpaired) electrons. The number of halogens is 1. The second-order valence-electron chi connectivity index (χ2n) is 3.78. The van der Waals surface area contributed by atoms with Gasteiger partial charge < -0.3 is 10.1 Å². The topological polar surface area (TPSA) is 55.4 Å². The van der Waals surface area contributed by atoms with Crippen LogP contribution in [0, 0.1) is 12.7 Å². The Kier molecular flexibility index (Phi) is 5.30. The summed E-state index contributed by atoms with van der Waals surface area (Å²) in [6.07, 6.45) is -0.0280. The minimum atomic E-state index is -0.487. The van der Waals surface area contributed by atoms with E-state index in [2.05, 4.69) is 5.32 Å². The number of hydrogen-bond acceptors (Lipinski definition) is 3. The molecule has 0 heterocycles. The first-order valence-corrected chi connectivity index (χ1v) is 5.75. The molecule has 0 aliphatic rings. The number of hydrogen-bond donors (Lipinski definition) is 1. The predicted molar refractivity (Wildman–Crippen MR) is 65.6 cm³/mol. The van der Waals surface area contributed by atoms with E-state index >= 15 is 0 Å². The van der Waals surface area contributed by atoms with Gasteiger partial charge in [0.1, 0.15) is 5.82 Å². The van der Waals surface area contributed by atoms with E-state index in [1.54, 1.807) is 26.0 Å². The van der Waals surface area contributed by atoms with Crippen molar-refractivity contribution in [3.63, 3.8) is 0 Å². The highest BCUT2D eigenvalue weighted by Gasteiger charge is 2.11. The maximum absolute atomic E-state index is 13.4. The van der Waals surface area contributed by atoms with E-state index in [9.17, 15) is 14.0 Å². The molecule has 0 saturated carbocycles. The molecule has 0 aromatic heterocycles. The summed E-state index contributed by atoms with van der Waals surface area (Å²) in [5.41, 5.74) is 0.797. The molecule has 0 fully saturated rings. The zero-order chi connectivity index (χ0) is 13.5. The van der Waals surface area contributed by atoms with Crippen molar-refractivity contribution in [1.82, 2.24) is 0 Å². The largest absolute Gasteiger partial charge is 0.466 e. The molecule has 0 aliphatic carbocycles. The average molecular weight is 253 g/mol. The summed E-state index contributed by atoms with van der Waals surface area (Å²) >= 11 is 0. The summed E-state index contributed by atoms with van der Waals surface area (Å²) < 4.78 is 18.1. The number of amides is 1. The van der Waals surface area contributed by atoms with Crippen LogP contribution in [0.3, 0.4) is 0 Å². The minimum Gasteiger partial charge on any atom is -0.466 e. The number of ether oxygens (including phenoxy) is 1. The number of para-hydroxylation sites is 1. The lowest BCUT2D eigenvalue weighted by Crippen LogP contribution is -2.16. The molecule has 18 heavy (non-hydrogen) atoms. The van der Waals surface area contributed by atoms with Gasteiger partial charge in [-0.25, -0.2) is 4.39 Å². The van der Waals surface area contributed by atoms with E-state index in [4.69, 9.17) is 4.74 Å². The van der Waals surface area contributed by atoms with E-state index in [-0.39, 0.29) is 25.1 Å².